The van der Waals surface area contributed by atoms with Crippen LogP contribution < -0.4 is 5.32 Å². The summed E-state index contributed by atoms with van der Waals surface area (Å²) >= 11 is 0. The standard InChI is InChI=1S/C12H17NO4S/c1-9-5-7-10(8-6-9)18(15,16)17-11(14)12(2,3)13-4/h5-8,13H,1-4H3. The molecule has 0 fully saturated rings. The Morgan fingerprint density at radius 3 is 2.17 bits per heavy atom. The highest BCUT2D eigenvalue weighted by molar-refractivity contribution is 7.87. The highest BCUT2D eigenvalue weighted by atomic mass is 32.2. The van der Waals surface area contributed by atoms with E-state index in [4.69, 9.17) is 0 Å². The predicted molar refractivity (Wildman–Crippen MR) is 67.6 cm³/mol. The minimum absolute atomic E-state index is 0.0339. The predicted octanol–water partition coefficient (Wildman–Crippen LogP) is 1.22. The maximum absolute atomic E-state index is 11.8. The Labute approximate surface area is 107 Å². The zero-order chi connectivity index (χ0) is 14.0. The first kappa shape index (κ1) is 14.7. The van der Waals surface area contributed by atoms with Crippen molar-refractivity contribution in [1.82, 2.24) is 5.32 Å². The number of rotatable bonds is 4. The van der Waals surface area contributed by atoms with Crippen molar-refractivity contribution in [3.63, 3.8) is 0 Å². The topological polar surface area (TPSA) is 72.5 Å². The average molecular weight is 271 g/mol. The summed E-state index contributed by atoms with van der Waals surface area (Å²) in [5.74, 6) is -0.842. The normalized spacial score (nSPS) is 12.2. The summed E-state index contributed by atoms with van der Waals surface area (Å²) in [4.78, 5) is 11.7. The second-order valence-corrected chi connectivity index (χ2v) is 6.06. The lowest BCUT2D eigenvalue weighted by Gasteiger charge is -2.20. The van der Waals surface area contributed by atoms with Crippen LogP contribution >= 0.6 is 0 Å². The van der Waals surface area contributed by atoms with Crippen LogP contribution in [0.4, 0.5) is 0 Å². The quantitative estimate of drug-likeness (QED) is 0.834. The van der Waals surface area contributed by atoms with Crippen LogP contribution in [0, 0.1) is 6.92 Å². The number of benzene rings is 1. The monoisotopic (exact) mass is 271 g/mol. The molecule has 1 rings (SSSR count). The SMILES string of the molecule is CNC(C)(C)C(=O)OS(=O)(=O)c1ccc(C)cc1. The third kappa shape index (κ3) is 3.30. The number of hydrogen-bond donors (Lipinski definition) is 1. The van der Waals surface area contributed by atoms with Gasteiger partial charge < -0.3 is 9.50 Å². The van der Waals surface area contributed by atoms with Gasteiger partial charge in [0.05, 0.1) is 0 Å². The smallest absolute Gasteiger partial charge is 0.340 e. The molecular weight excluding hydrogens is 254 g/mol. The number of hydrogen-bond acceptors (Lipinski definition) is 5. The molecule has 5 nitrogen and oxygen atoms in total. The van der Waals surface area contributed by atoms with E-state index in [9.17, 15) is 13.2 Å². The lowest BCUT2D eigenvalue weighted by atomic mass is 10.1. The molecule has 0 amide bonds. The first-order valence-electron chi connectivity index (χ1n) is 5.43. The van der Waals surface area contributed by atoms with Crippen LogP contribution in [0.3, 0.4) is 0 Å². The molecule has 18 heavy (non-hydrogen) atoms. The first-order valence-corrected chi connectivity index (χ1v) is 6.84. The van der Waals surface area contributed by atoms with E-state index >= 15 is 0 Å². The molecule has 1 N–H and O–H groups in total. The van der Waals surface area contributed by atoms with Gasteiger partial charge in [0.1, 0.15) is 10.4 Å². The summed E-state index contributed by atoms with van der Waals surface area (Å²) in [6.07, 6.45) is 0. The summed E-state index contributed by atoms with van der Waals surface area (Å²) in [5, 5.41) is 2.69. The average Bonchev–Trinajstić information content (AvgIpc) is 2.29. The number of aryl methyl sites for hydroxylation is 1. The van der Waals surface area contributed by atoms with Gasteiger partial charge in [-0.2, -0.15) is 8.42 Å². The fourth-order valence-corrected chi connectivity index (χ4v) is 2.03. The zero-order valence-corrected chi connectivity index (χ0v) is 11.7. The Bertz CT molecular complexity index is 532. The van der Waals surface area contributed by atoms with Gasteiger partial charge in [0, 0.05) is 0 Å². The molecule has 0 saturated heterocycles. The van der Waals surface area contributed by atoms with E-state index in [1.165, 1.54) is 12.1 Å². The Balaban J connectivity index is 2.96. The largest absolute Gasteiger partial charge is 0.341 e. The second kappa shape index (κ2) is 5.07. The Hall–Kier alpha value is -1.40. The van der Waals surface area contributed by atoms with E-state index in [1.54, 1.807) is 33.0 Å². The Morgan fingerprint density at radius 1 is 1.22 bits per heavy atom. The molecule has 0 aromatic heterocycles. The molecule has 0 heterocycles. The summed E-state index contributed by atoms with van der Waals surface area (Å²) in [5.41, 5.74) is -0.131. The van der Waals surface area contributed by atoms with Crippen LogP contribution in [0.2, 0.25) is 0 Å². The number of carbonyl (C=O) groups excluding carboxylic acids is 1. The zero-order valence-electron chi connectivity index (χ0n) is 10.9. The van der Waals surface area contributed by atoms with Crippen molar-refractivity contribution in [2.75, 3.05) is 7.05 Å². The molecule has 0 aliphatic rings. The highest BCUT2D eigenvalue weighted by Gasteiger charge is 2.32. The maximum Gasteiger partial charge on any atom is 0.341 e. The third-order valence-electron chi connectivity index (χ3n) is 2.63. The molecule has 0 atom stereocenters. The van der Waals surface area contributed by atoms with Gasteiger partial charge in [-0.1, -0.05) is 17.7 Å². The fraction of sp³-hybridized carbons (Fsp3) is 0.417. The van der Waals surface area contributed by atoms with Gasteiger partial charge in [-0.3, -0.25) is 0 Å². The molecular formula is C12H17NO4S. The van der Waals surface area contributed by atoms with Crippen molar-refractivity contribution in [3.8, 4) is 0 Å². The van der Waals surface area contributed by atoms with Crippen molar-refractivity contribution in [1.29, 1.82) is 0 Å². The molecule has 0 radical (unpaired) electrons. The van der Waals surface area contributed by atoms with Gasteiger partial charge in [0.15, 0.2) is 0 Å². The molecule has 1 aromatic rings. The lowest BCUT2D eigenvalue weighted by molar-refractivity contribution is -0.139. The van der Waals surface area contributed by atoms with E-state index in [2.05, 4.69) is 9.50 Å². The van der Waals surface area contributed by atoms with E-state index in [1.807, 2.05) is 6.92 Å². The van der Waals surface area contributed by atoms with Crippen molar-refractivity contribution in [2.45, 2.75) is 31.2 Å². The minimum atomic E-state index is -4.06. The van der Waals surface area contributed by atoms with Crippen LogP contribution in [0.25, 0.3) is 0 Å². The summed E-state index contributed by atoms with van der Waals surface area (Å²) in [6.45, 7) is 4.92. The molecule has 100 valence electrons. The van der Waals surface area contributed by atoms with Gasteiger partial charge in [-0.15, -0.1) is 0 Å². The van der Waals surface area contributed by atoms with Gasteiger partial charge in [0.2, 0.25) is 0 Å². The van der Waals surface area contributed by atoms with Crippen molar-refractivity contribution >= 4 is 16.1 Å². The van der Waals surface area contributed by atoms with E-state index < -0.39 is 21.6 Å². The second-order valence-electron chi connectivity index (χ2n) is 4.51. The first-order chi connectivity index (χ1) is 8.19. The van der Waals surface area contributed by atoms with Gasteiger partial charge >= 0.3 is 16.1 Å². The van der Waals surface area contributed by atoms with E-state index in [0.717, 1.165) is 5.56 Å². The maximum atomic E-state index is 11.8. The van der Waals surface area contributed by atoms with Crippen LogP contribution in [0.5, 0.6) is 0 Å². The lowest BCUT2D eigenvalue weighted by Crippen LogP contribution is -2.46. The number of carbonyl (C=O) groups is 1. The fourth-order valence-electron chi connectivity index (χ4n) is 1.06. The number of likely N-dealkylation sites (N-methyl/N-ethyl adjacent to an activating group) is 1. The highest BCUT2D eigenvalue weighted by Crippen LogP contribution is 2.16. The van der Waals surface area contributed by atoms with Gasteiger partial charge in [-0.25, -0.2) is 4.79 Å². The van der Waals surface area contributed by atoms with Crippen molar-refractivity contribution in [2.24, 2.45) is 0 Å². The Kier molecular flexibility index (Phi) is 4.13. The molecule has 1 aromatic carbocycles. The molecule has 0 bridgehead atoms. The van der Waals surface area contributed by atoms with Crippen molar-refractivity contribution in [3.05, 3.63) is 29.8 Å². The van der Waals surface area contributed by atoms with Crippen LogP contribution in [-0.2, 0) is 19.1 Å². The molecule has 0 saturated carbocycles. The van der Waals surface area contributed by atoms with Crippen LogP contribution in [-0.4, -0.2) is 27.0 Å². The van der Waals surface area contributed by atoms with Crippen LogP contribution in [0.1, 0.15) is 19.4 Å². The van der Waals surface area contributed by atoms with Crippen molar-refractivity contribution < 1.29 is 17.4 Å². The minimum Gasteiger partial charge on any atom is -0.340 e. The number of nitrogens with one attached hydrogen (secondary N) is 1. The molecule has 6 heteroatoms. The van der Waals surface area contributed by atoms with Gasteiger partial charge in [-0.05, 0) is 40.0 Å². The van der Waals surface area contributed by atoms with Crippen LogP contribution in [0.15, 0.2) is 29.2 Å². The summed E-state index contributed by atoms with van der Waals surface area (Å²) in [6, 6.07) is 6.10. The van der Waals surface area contributed by atoms with E-state index in [0.29, 0.717) is 0 Å². The summed E-state index contributed by atoms with van der Waals surface area (Å²) < 4.78 is 28.3. The van der Waals surface area contributed by atoms with Gasteiger partial charge in [0.25, 0.3) is 0 Å². The third-order valence-corrected chi connectivity index (χ3v) is 3.85. The van der Waals surface area contributed by atoms with E-state index in [-0.39, 0.29) is 4.90 Å². The molecule has 0 unspecified atom stereocenters. The molecule has 0 spiro atoms. The Morgan fingerprint density at radius 2 is 1.72 bits per heavy atom. The summed E-state index contributed by atoms with van der Waals surface area (Å²) in [7, 11) is -2.50. The molecule has 0 aliphatic heterocycles. The molecule has 0 aliphatic carbocycles.